The topological polar surface area (TPSA) is 80.1 Å². The SMILES string of the molecule is Cc1ccc(-n2cnnc2SCC(=O)N(C)CC(=O)NC(C)C)cc1. The van der Waals surface area contributed by atoms with Gasteiger partial charge < -0.3 is 10.2 Å². The van der Waals surface area contributed by atoms with Crippen LogP contribution in [0.15, 0.2) is 35.7 Å². The van der Waals surface area contributed by atoms with E-state index in [9.17, 15) is 9.59 Å². The van der Waals surface area contributed by atoms with Crippen LogP contribution in [0.25, 0.3) is 5.69 Å². The Morgan fingerprint density at radius 1 is 1.28 bits per heavy atom. The zero-order valence-corrected chi connectivity index (χ0v) is 15.7. The van der Waals surface area contributed by atoms with E-state index >= 15 is 0 Å². The lowest BCUT2D eigenvalue weighted by Gasteiger charge is -2.17. The Labute approximate surface area is 151 Å². The highest BCUT2D eigenvalue weighted by Crippen LogP contribution is 2.20. The monoisotopic (exact) mass is 361 g/mol. The highest BCUT2D eigenvalue weighted by molar-refractivity contribution is 7.99. The van der Waals surface area contributed by atoms with Gasteiger partial charge in [0.1, 0.15) is 6.33 Å². The number of thioether (sulfide) groups is 1. The number of carbonyl (C=O) groups excluding carboxylic acids is 2. The molecule has 0 saturated carbocycles. The van der Waals surface area contributed by atoms with Crippen LogP contribution in [0.1, 0.15) is 19.4 Å². The second-order valence-electron chi connectivity index (χ2n) is 6.08. The van der Waals surface area contributed by atoms with E-state index in [1.54, 1.807) is 13.4 Å². The number of nitrogens with zero attached hydrogens (tertiary/aromatic N) is 4. The standard InChI is InChI=1S/C17H23N5O2S/c1-12(2)19-15(23)9-21(4)16(24)10-25-17-20-18-11-22(17)14-7-5-13(3)6-8-14/h5-8,11-12H,9-10H2,1-4H3,(H,19,23). The van der Waals surface area contributed by atoms with Gasteiger partial charge in [-0.2, -0.15) is 0 Å². The van der Waals surface area contributed by atoms with Gasteiger partial charge in [0.2, 0.25) is 11.8 Å². The summed E-state index contributed by atoms with van der Waals surface area (Å²) in [5.74, 6) is -0.114. The zero-order valence-electron chi connectivity index (χ0n) is 14.9. The lowest BCUT2D eigenvalue weighted by Crippen LogP contribution is -2.41. The minimum absolute atomic E-state index is 0.0439. The van der Waals surface area contributed by atoms with Crippen molar-refractivity contribution in [3.63, 3.8) is 0 Å². The predicted octanol–water partition coefficient (Wildman–Crippen LogP) is 1.65. The Bertz CT molecular complexity index is 727. The van der Waals surface area contributed by atoms with E-state index in [1.165, 1.54) is 22.2 Å². The van der Waals surface area contributed by atoms with E-state index < -0.39 is 0 Å². The van der Waals surface area contributed by atoms with E-state index in [0.717, 1.165) is 5.69 Å². The number of nitrogens with one attached hydrogen (secondary N) is 1. The van der Waals surface area contributed by atoms with Crippen LogP contribution >= 0.6 is 11.8 Å². The summed E-state index contributed by atoms with van der Waals surface area (Å²) in [5.41, 5.74) is 2.11. The number of hydrogen-bond donors (Lipinski definition) is 1. The first kappa shape index (κ1) is 19.0. The number of hydrogen-bond acceptors (Lipinski definition) is 5. The zero-order chi connectivity index (χ0) is 18.4. The molecule has 2 rings (SSSR count). The average Bonchev–Trinajstić information content (AvgIpc) is 3.00. The molecule has 2 amide bonds. The molecular formula is C17H23N5O2S. The third-order valence-electron chi connectivity index (χ3n) is 3.41. The molecule has 8 heteroatoms. The number of aryl methyl sites for hydroxylation is 1. The fraction of sp³-hybridized carbons (Fsp3) is 0.412. The Morgan fingerprint density at radius 3 is 2.60 bits per heavy atom. The average molecular weight is 361 g/mol. The number of rotatable bonds is 7. The van der Waals surface area contributed by atoms with Crippen LogP contribution in [0.2, 0.25) is 0 Å². The summed E-state index contributed by atoms with van der Waals surface area (Å²) in [6.45, 7) is 5.83. The molecule has 0 atom stereocenters. The summed E-state index contributed by atoms with van der Waals surface area (Å²) < 4.78 is 1.84. The predicted molar refractivity (Wildman–Crippen MR) is 97.7 cm³/mol. The van der Waals surface area contributed by atoms with Gasteiger partial charge in [0.15, 0.2) is 5.16 Å². The van der Waals surface area contributed by atoms with Gasteiger partial charge in [-0.25, -0.2) is 0 Å². The molecule has 7 nitrogen and oxygen atoms in total. The summed E-state index contributed by atoms with van der Waals surface area (Å²) in [6.07, 6.45) is 1.62. The first-order valence-corrected chi connectivity index (χ1v) is 8.98. The largest absolute Gasteiger partial charge is 0.352 e. The van der Waals surface area contributed by atoms with Crippen LogP contribution < -0.4 is 5.32 Å². The van der Waals surface area contributed by atoms with Crippen molar-refractivity contribution in [2.45, 2.75) is 32.0 Å². The maximum absolute atomic E-state index is 12.2. The third kappa shape index (κ3) is 5.60. The minimum Gasteiger partial charge on any atom is -0.352 e. The first-order chi connectivity index (χ1) is 11.9. The Hall–Kier alpha value is -2.35. The van der Waals surface area contributed by atoms with Crippen molar-refractivity contribution in [3.05, 3.63) is 36.2 Å². The number of aromatic nitrogens is 3. The Morgan fingerprint density at radius 2 is 1.96 bits per heavy atom. The van der Waals surface area contributed by atoms with Crippen molar-refractivity contribution in [1.29, 1.82) is 0 Å². The Balaban J connectivity index is 1.93. The van der Waals surface area contributed by atoms with Crippen LogP contribution in [0.5, 0.6) is 0 Å². The smallest absolute Gasteiger partial charge is 0.239 e. The van der Waals surface area contributed by atoms with Crippen molar-refractivity contribution in [3.8, 4) is 5.69 Å². The van der Waals surface area contributed by atoms with Crippen LogP contribution in [0.4, 0.5) is 0 Å². The Kier molecular flexibility index (Phi) is 6.58. The molecule has 0 fully saturated rings. The molecule has 1 aromatic heterocycles. The van der Waals surface area contributed by atoms with E-state index in [-0.39, 0.29) is 30.2 Å². The molecule has 0 unspecified atom stereocenters. The third-order valence-corrected chi connectivity index (χ3v) is 4.34. The molecule has 1 aromatic carbocycles. The summed E-state index contributed by atoms with van der Waals surface area (Å²) in [7, 11) is 1.62. The number of likely N-dealkylation sites (N-methyl/N-ethyl adjacent to an activating group) is 1. The molecule has 2 aromatic rings. The molecule has 0 aliphatic carbocycles. The molecule has 0 saturated heterocycles. The molecule has 0 radical (unpaired) electrons. The van der Waals surface area contributed by atoms with Crippen LogP contribution in [0.3, 0.4) is 0 Å². The van der Waals surface area contributed by atoms with Crippen molar-refractivity contribution in [2.75, 3.05) is 19.3 Å². The van der Waals surface area contributed by atoms with Crippen molar-refractivity contribution in [1.82, 2.24) is 25.0 Å². The van der Waals surface area contributed by atoms with E-state index in [4.69, 9.17) is 0 Å². The molecule has 0 aliphatic heterocycles. The maximum Gasteiger partial charge on any atom is 0.239 e. The number of benzene rings is 1. The van der Waals surface area contributed by atoms with E-state index in [1.807, 2.05) is 49.6 Å². The van der Waals surface area contributed by atoms with E-state index in [0.29, 0.717) is 5.16 Å². The summed E-state index contributed by atoms with van der Waals surface area (Å²) in [4.78, 5) is 25.4. The van der Waals surface area contributed by atoms with Crippen molar-refractivity contribution in [2.24, 2.45) is 0 Å². The van der Waals surface area contributed by atoms with Gasteiger partial charge in [-0.05, 0) is 32.9 Å². The lowest BCUT2D eigenvalue weighted by molar-refractivity contribution is -0.132. The van der Waals surface area contributed by atoms with Crippen LogP contribution in [-0.4, -0.2) is 56.9 Å². The maximum atomic E-state index is 12.2. The fourth-order valence-corrected chi connectivity index (χ4v) is 2.98. The summed E-state index contributed by atoms with van der Waals surface area (Å²) in [6, 6.07) is 8.03. The molecule has 25 heavy (non-hydrogen) atoms. The quantitative estimate of drug-likeness (QED) is 0.759. The van der Waals surface area contributed by atoms with Crippen molar-refractivity contribution < 1.29 is 9.59 Å². The molecule has 1 N–H and O–H groups in total. The molecule has 1 heterocycles. The molecule has 0 bridgehead atoms. The van der Waals surface area contributed by atoms with Gasteiger partial charge >= 0.3 is 0 Å². The van der Waals surface area contributed by atoms with E-state index in [2.05, 4.69) is 15.5 Å². The molecule has 0 spiro atoms. The van der Waals surface area contributed by atoms with Gasteiger partial charge in [0.05, 0.1) is 12.3 Å². The highest BCUT2D eigenvalue weighted by atomic mass is 32.2. The van der Waals surface area contributed by atoms with Gasteiger partial charge in [0, 0.05) is 18.8 Å². The second kappa shape index (κ2) is 8.66. The van der Waals surface area contributed by atoms with Crippen LogP contribution in [0, 0.1) is 6.92 Å². The summed E-state index contributed by atoms with van der Waals surface area (Å²) >= 11 is 1.30. The number of amides is 2. The van der Waals surface area contributed by atoms with Crippen LogP contribution in [-0.2, 0) is 9.59 Å². The van der Waals surface area contributed by atoms with Gasteiger partial charge in [-0.3, -0.25) is 14.2 Å². The molecule has 134 valence electrons. The first-order valence-electron chi connectivity index (χ1n) is 8.00. The minimum atomic E-state index is -0.168. The van der Waals surface area contributed by atoms with Gasteiger partial charge in [-0.15, -0.1) is 10.2 Å². The summed E-state index contributed by atoms with van der Waals surface area (Å²) in [5, 5.41) is 11.4. The van der Waals surface area contributed by atoms with Crippen molar-refractivity contribution >= 4 is 23.6 Å². The highest BCUT2D eigenvalue weighted by Gasteiger charge is 2.16. The second-order valence-corrected chi connectivity index (χ2v) is 7.02. The fourth-order valence-electron chi connectivity index (χ4n) is 2.11. The molecule has 0 aliphatic rings. The lowest BCUT2D eigenvalue weighted by atomic mass is 10.2. The van der Waals surface area contributed by atoms with Gasteiger partial charge in [0.25, 0.3) is 0 Å². The van der Waals surface area contributed by atoms with Gasteiger partial charge in [-0.1, -0.05) is 29.5 Å². The number of carbonyl (C=O) groups is 2. The normalized spacial score (nSPS) is 10.8. The molecular weight excluding hydrogens is 338 g/mol.